The second-order valence-electron chi connectivity index (χ2n) is 4.95. The summed E-state index contributed by atoms with van der Waals surface area (Å²) in [6, 6.07) is 12.6. The van der Waals surface area contributed by atoms with E-state index in [1.165, 1.54) is 0 Å². The minimum atomic E-state index is -0.0475. The Morgan fingerprint density at radius 1 is 1.41 bits per heavy atom. The maximum atomic E-state index is 9.26. The standard InChI is InChI=1S/C14H19N3/c1-11-8-17(10-14(11)16)9-13(7-15)12-5-3-2-4-6-12/h2-6,11,13-14H,8-10,16H2,1H3. The molecule has 2 rings (SSSR count). The second kappa shape index (κ2) is 5.31. The Bertz CT molecular complexity index is 386. The van der Waals surface area contributed by atoms with Crippen LogP contribution in [-0.2, 0) is 0 Å². The van der Waals surface area contributed by atoms with Crippen molar-refractivity contribution in [2.45, 2.75) is 18.9 Å². The lowest BCUT2D eigenvalue weighted by Gasteiger charge is -2.19. The molecule has 3 atom stereocenters. The first kappa shape index (κ1) is 12.1. The molecule has 3 nitrogen and oxygen atoms in total. The van der Waals surface area contributed by atoms with Crippen LogP contribution in [0.2, 0.25) is 0 Å². The third kappa shape index (κ3) is 2.85. The van der Waals surface area contributed by atoms with Gasteiger partial charge in [-0.2, -0.15) is 5.26 Å². The van der Waals surface area contributed by atoms with Gasteiger partial charge in [0.1, 0.15) is 0 Å². The van der Waals surface area contributed by atoms with E-state index in [0.717, 1.165) is 25.2 Å². The van der Waals surface area contributed by atoms with Gasteiger partial charge in [0.2, 0.25) is 0 Å². The van der Waals surface area contributed by atoms with E-state index in [0.29, 0.717) is 5.92 Å². The summed E-state index contributed by atoms with van der Waals surface area (Å²) in [6.07, 6.45) is 0. The number of rotatable bonds is 3. The minimum Gasteiger partial charge on any atom is -0.326 e. The Labute approximate surface area is 103 Å². The first-order valence-electron chi connectivity index (χ1n) is 6.13. The van der Waals surface area contributed by atoms with Gasteiger partial charge in [-0.1, -0.05) is 37.3 Å². The number of hydrogen-bond donors (Lipinski definition) is 1. The fraction of sp³-hybridized carbons (Fsp3) is 0.500. The van der Waals surface area contributed by atoms with Crippen molar-refractivity contribution in [2.75, 3.05) is 19.6 Å². The monoisotopic (exact) mass is 229 g/mol. The molecular weight excluding hydrogens is 210 g/mol. The Morgan fingerprint density at radius 2 is 2.12 bits per heavy atom. The van der Waals surface area contributed by atoms with E-state index >= 15 is 0 Å². The predicted octanol–water partition coefficient (Wildman–Crippen LogP) is 1.57. The average Bonchev–Trinajstić information content (AvgIpc) is 2.67. The smallest absolute Gasteiger partial charge is 0.0839 e. The Morgan fingerprint density at radius 3 is 2.65 bits per heavy atom. The molecule has 1 aromatic carbocycles. The summed E-state index contributed by atoms with van der Waals surface area (Å²) in [5, 5.41) is 9.26. The van der Waals surface area contributed by atoms with E-state index in [2.05, 4.69) is 17.9 Å². The van der Waals surface area contributed by atoms with Crippen LogP contribution in [0.3, 0.4) is 0 Å². The maximum Gasteiger partial charge on any atom is 0.0839 e. The molecule has 0 aromatic heterocycles. The topological polar surface area (TPSA) is 53.0 Å². The highest BCUT2D eigenvalue weighted by Crippen LogP contribution is 2.21. The lowest BCUT2D eigenvalue weighted by molar-refractivity contribution is 0.320. The lowest BCUT2D eigenvalue weighted by Crippen LogP contribution is -2.30. The third-order valence-corrected chi connectivity index (χ3v) is 3.54. The van der Waals surface area contributed by atoms with Gasteiger partial charge in [0, 0.05) is 25.7 Å². The summed E-state index contributed by atoms with van der Waals surface area (Å²) in [7, 11) is 0. The molecule has 1 heterocycles. The summed E-state index contributed by atoms with van der Waals surface area (Å²) < 4.78 is 0. The van der Waals surface area contributed by atoms with Crippen molar-refractivity contribution in [3.05, 3.63) is 35.9 Å². The molecule has 1 aliphatic rings. The van der Waals surface area contributed by atoms with E-state index < -0.39 is 0 Å². The van der Waals surface area contributed by atoms with Gasteiger partial charge in [0.25, 0.3) is 0 Å². The third-order valence-electron chi connectivity index (χ3n) is 3.54. The fourth-order valence-electron chi connectivity index (χ4n) is 2.41. The highest BCUT2D eigenvalue weighted by molar-refractivity contribution is 5.25. The molecule has 1 fully saturated rings. The normalized spacial score (nSPS) is 26.6. The van der Waals surface area contributed by atoms with Crippen LogP contribution in [0.4, 0.5) is 0 Å². The number of hydrogen-bond acceptors (Lipinski definition) is 3. The predicted molar refractivity (Wildman–Crippen MR) is 68.4 cm³/mol. The van der Waals surface area contributed by atoms with Gasteiger partial charge in [-0.05, 0) is 11.5 Å². The van der Waals surface area contributed by atoms with Crippen molar-refractivity contribution in [3.63, 3.8) is 0 Å². The van der Waals surface area contributed by atoms with Gasteiger partial charge >= 0.3 is 0 Å². The largest absolute Gasteiger partial charge is 0.326 e. The Kier molecular flexibility index (Phi) is 3.78. The van der Waals surface area contributed by atoms with E-state index in [1.54, 1.807) is 0 Å². The van der Waals surface area contributed by atoms with Gasteiger partial charge in [-0.15, -0.1) is 0 Å². The molecule has 3 unspecified atom stereocenters. The Balaban J connectivity index is 2.00. The number of nitrogens with zero attached hydrogens (tertiary/aromatic N) is 2. The van der Waals surface area contributed by atoms with Crippen molar-refractivity contribution >= 4 is 0 Å². The molecule has 90 valence electrons. The zero-order chi connectivity index (χ0) is 12.3. The number of nitriles is 1. The molecule has 0 amide bonds. The number of likely N-dealkylation sites (tertiary alicyclic amines) is 1. The molecule has 0 bridgehead atoms. The van der Waals surface area contributed by atoms with E-state index in [4.69, 9.17) is 5.73 Å². The van der Waals surface area contributed by atoms with Crippen LogP contribution in [0.1, 0.15) is 18.4 Å². The summed E-state index contributed by atoms with van der Waals surface area (Å²) in [6.45, 7) is 4.88. The first-order valence-corrected chi connectivity index (χ1v) is 6.13. The molecule has 0 aliphatic carbocycles. The summed E-state index contributed by atoms with van der Waals surface area (Å²) in [4.78, 5) is 2.30. The van der Waals surface area contributed by atoms with Crippen molar-refractivity contribution in [1.82, 2.24) is 4.90 Å². The molecule has 3 heteroatoms. The number of nitrogens with two attached hydrogens (primary N) is 1. The van der Waals surface area contributed by atoms with Crippen LogP contribution in [0.15, 0.2) is 30.3 Å². The van der Waals surface area contributed by atoms with Gasteiger partial charge in [0.05, 0.1) is 12.0 Å². The molecule has 2 N–H and O–H groups in total. The van der Waals surface area contributed by atoms with Crippen molar-refractivity contribution in [3.8, 4) is 6.07 Å². The van der Waals surface area contributed by atoms with Crippen LogP contribution in [0, 0.1) is 17.2 Å². The van der Waals surface area contributed by atoms with Crippen molar-refractivity contribution in [1.29, 1.82) is 5.26 Å². The molecule has 0 radical (unpaired) electrons. The first-order chi connectivity index (χ1) is 8.20. The van der Waals surface area contributed by atoms with Crippen LogP contribution in [-0.4, -0.2) is 30.6 Å². The summed E-state index contributed by atoms with van der Waals surface area (Å²) in [5.41, 5.74) is 7.10. The van der Waals surface area contributed by atoms with Crippen LogP contribution in [0.25, 0.3) is 0 Å². The highest BCUT2D eigenvalue weighted by Gasteiger charge is 2.28. The van der Waals surface area contributed by atoms with Gasteiger partial charge < -0.3 is 5.73 Å². The van der Waals surface area contributed by atoms with Crippen molar-refractivity contribution in [2.24, 2.45) is 11.7 Å². The lowest BCUT2D eigenvalue weighted by atomic mass is 10.0. The van der Waals surface area contributed by atoms with Crippen LogP contribution < -0.4 is 5.73 Å². The van der Waals surface area contributed by atoms with Crippen LogP contribution >= 0.6 is 0 Å². The minimum absolute atomic E-state index is 0.0475. The quantitative estimate of drug-likeness (QED) is 0.856. The zero-order valence-electron chi connectivity index (χ0n) is 10.2. The number of benzene rings is 1. The van der Waals surface area contributed by atoms with Crippen LogP contribution in [0.5, 0.6) is 0 Å². The summed E-state index contributed by atoms with van der Waals surface area (Å²) in [5.74, 6) is 0.485. The fourth-order valence-corrected chi connectivity index (χ4v) is 2.41. The summed E-state index contributed by atoms with van der Waals surface area (Å²) >= 11 is 0. The van der Waals surface area contributed by atoms with E-state index in [1.807, 2.05) is 30.3 Å². The van der Waals surface area contributed by atoms with Gasteiger partial charge in [-0.25, -0.2) is 0 Å². The van der Waals surface area contributed by atoms with E-state index in [-0.39, 0.29) is 12.0 Å². The molecule has 17 heavy (non-hydrogen) atoms. The Hall–Kier alpha value is -1.37. The van der Waals surface area contributed by atoms with Crippen molar-refractivity contribution < 1.29 is 0 Å². The average molecular weight is 229 g/mol. The second-order valence-corrected chi connectivity index (χ2v) is 4.95. The maximum absolute atomic E-state index is 9.26. The molecule has 1 saturated heterocycles. The molecule has 1 aromatic rings. The van der Waals surface area contributed by atoms with Gasteiger partial charge in [0.15, 0.2) is 0 Å². The molecule has 1 aliphatic heterocycles. The molecular formula is C14H19N3. The van der Waals surface area contributed by atoms with Gasteiger partial charge in [-0.3, -0.25) is 4.90 Å². The van der Waals surface area contributed by atoms with E-state index in [9.17, 15) is 5.26 Å². The SMILES string of the molecule is CC1CN(CC(C#N)c2ccccc2)CC1N. The molecule has 0 saturated carbocycles. The molecule has 0 spiro atoms. The zero-order valence-corrected chi connectivity index (χ0v) is 10.2. The highest BCUT2D eigenvalue weighted by atomic mass is 15.2.